The third-order valence-electron chi connectivity index (χ3n) is 1.75. The molecule has 15 heavy (non-hydrogen) atoms. The summed E-state index contributed by atoms with van der Waals surface area (Å²) in [7, 11) is 1.55. The summed E-state index contributed by atoms with van der Waals surface area (Å²) in [6, 6.07) is 0. The van der Waals surface area contributed by atoms with E-state index in [1.165, 1.54) is 22.4 Å². The second kappa shape index (κ2) is 4.80. The number of alkyl halides is 3. The molecule has 0 saturated heterocycles. The molecular formula is C8H11F3N2OS. The summed E-state index contributed by atoms with van der Waals surface area (Å²) in [6.07, 6.45) is -3.55. The standard InChI is InChI=1S/C8H11F3N2OS/c1-13(3-2-8(9,10)11)7-12-4-6(5-14)15-7/h4,14H,2-3,5H2,1H3. The van der Waals surface area contributed by atoms with Crippen molar-refractivity contribution in [3.05, 3.63) is 11.1 Å². The van der Waals surface area contributed by atoms with E-state index in [4.69, 9.17) is 5.11 Å². The molecule has 0 radical (unpaired) electrons. The first kappa shape index (κ1) is 12.3. The molecule has 0 aromatic carbocycles. The second-order valence-corrected chi connectivity index (χ2v) is 4.15. The minimum atomic E-state index is -4.15. The Kier molecular flexibility index (Phi) is 3.92. The number of aromatic nitrogens is 1. The molecule has 1 aromatic rings. The first-order chi connectivity index (χ1) is 6.92. The summed E-state index contributed by atoms with van der Waals surface area (Å²) >= 11 is 1.19. The van der Waals surface area contributed by atoms with Gasteiger partial charge >= 0.3 is 6.18 Å². The molecule has 1 rings (SSSR count). The lowest BCUT2D eigenvalue weighted by atomic mass is 10.4. The first-order valence-electron chi connectivity index (χ1n) is 4.26. The maximum Gasteiger partial charge on any atom is 0.390 e. The number of nitrogens with zero attached hydrogens (tertiary/aromatic N) is 2. The zero-order valence-electron chi connectivity index (χ0n) is 8.08. The third-order valence-corrected chi connectivity index (χ3v) is 2.85. The monoisotopic (exact) mass is 240 g/mol. The highest BCUT2D eigenvalue weighted by Gasteiger charge is 2.27. The van der Waals surface area contributed by atoms with Gasteiger partial charge in [0.2, 0.25) is 0 Å². The Labute approximate surface area is 89.2 Å². The minimum absolute atomic E-state index is 0.123. The van der Waals surface area contributed by atoms with Gasteiger partial charge in [-0.1, -0.05) is 11.3 Å². The highest BCUT2D eigenvalue weighted by Crippen LogP contribution is 2.24. The zero-order valence-corrected chi connectivity index (χ0v) is 8.90. The number of hydrogen-bond acceptors (Lipinski definition) is 4. The molecule has 3 nitrogen and oxygen atoms in total. The van der Waals surface area contributed by atoms with E-state index in [1.807, 2.05) is 0 Å². The highest BCUT2D eigenvalue weighted by molar-refractivity contribution is 7.15. The molecule has 0 fully saturated rings. The van der Waals surface area contributed by atoms with Crippen LogP contribution < -0.4 is 4.90 Å². The maximum atomic E-state index is 11.9. The van der Waals surface area contributed by atoms with Crippen LogP contribution in [0, 0.1) is 0 Å². The number of halogens is 3. The molecule has 0 saturated carbocycles. The molecule has 86 valence electrons. The molecule has 0 aliphatic heterocycles. The molecule has 7 heteroatoms. The minimum Gasteiger partial charge on any atom is -0.391 e. The maximum absolute atomic E-state index is 11.9. The summed E-state index contributed by atoms with van der Waals surface area (Å²) in [6.45, 7) is -0.257. The number of aliphatic hydroxyl groups is 1. The van der Waals surface area contributed by atoms with Crippen molar-refractivity contribution in [3.8, 4) is 0 Å². The Hall–Kier alpha value is -0.820. The predicted octanol–water partition coefficient (Wildman–Crippen LogP) is 2.02. The topological polar surface area (TPSA) is 36.4 Å². The van der Waals surface area contributed by atoms with Crippen molar-refractivity contribution >= 4 is 16.5 Å². The summed E-state index contributed by atoms with van der Waals surface area (Å²) in [4.78, 5) is 5.98. The Morgan fingerprint density at radius 1 is 1.53 bits per heavy atom. The van der Waals surface area contributed by atoms with Crippen LogP contribution in [0.5, 0.6) is 0 Å². The van der Waals surface area contributed by atoms with Gasteiger partial charge in [-0.15, -0.1) is 0 Å². The van der Waals surface area contributed by atoms with Gasteiger partial charge in [-0.05, 0) is 0 Å². The third kappa shape index (κ3) is 4.05. The van der Waals surface area contributed by atoms with Crippen LogP contribution >= 0.6 is 11.3 Å². The molecular weight excluding hydrogens is 229 g/mol. The summed E-state index contributed by atoms with van der Waals surface area (Å²) in [5.41, 5.74) is 0. The number of rotatable bonds is 4. The number of hydrogen-bond donors (Lipinski definition) is 1. The largest absolute Gasteiger partial charge is 0.391 e. The van der Waals surface area contributed by atoms with Crippen molar-refractivity contribution < 1.29 is 18.3 Å². The fourth-order valence-corrected chi connectivity index (χ4v) is 1.69. The Morgan fingerprint density at radius 3 is 2.67 bits per heavy atom. The van der Waals surface area contributed by atoms with Gasteiger partial charge in [-0.3, -0.25) is 0 Å². The fourth-order valence-electron chi connectivity index (χ4n) is 0.937. The Morgan fingerprint density at radius 2 is 2.20 bits per heavy atom. The second-order valence-electron chi connectivity index (χ2n) is 3.05. The van der Waals surface area contributed by atoms with E-state index in [2.05, 4.69) is 4.98 Å². The summed E-state index contributed by atoms with van der Waals surface area (Å²) in [5.74, 6) is 0. The molecule has 1 aromatic heterocycles. The van der Waals surface area contributed by atoms with Crippen molar-refractivity contribution in [1.82, 2.24) is 4.98 Å². The Bertz CT molecular complexity index is 313. The SMILES string of the molecule is CN(CCC(F)(F)F)c1ncc(CO)s1. The molecule has 0 bridgehead atoms. The quantitative estimate of drug-likeness (QED) is 0.874. The lowest BCUT2D eigenvalue weighted by molar-refractivity contribution is -0.132. The molecule has 1 N–H and O–H groups in total. The van der Waals surface area contributed by atoms with E-state index >= 15 is 0 Å². The number of thiazole rings is 1. The van der Waals surface area contributed by atoms with E-state index in [0.29, 0.717) is 10.0 Å². The lowest BCUT2D eigenvalue weighted by Gasteiger charge is -2.16. The molecule has 1 heterocycles. The van der Waals surface area contributed by atoms with Crippen LogP contribution in [0.2, 0.25) is 0 Å². The molecule has 0 unspecified atom stereocenters. The van der Waals surface area contributed by atoms with Crippen molar-refractivity contribution in [3.63, 3.8) is 0 Å². The van der Waals surface area contributed by atoms with Crippen LogP contribution in [-0.4, -0.2) is 29.9 Å². The number of anilines is 1. The van der Waals surface area contributed by atoms with E-state index < -0.39 is 12.6 Å². The average molecular weight is 240 g/mol. The molecule has 0 aliphatic carbocycles. The normalized spacial score (nSPS) is 11.8. The highest BCUT2D eigenvalue weighted by atomic mass is 32.1. The Balaban J connectivity index is 2.50. The predicted molar refractivity (Wildman–Crippen MR) is 52.0 cm³/mol. The van der Waals surface area contributed by atoms with Crippen molar-refractivity contribution in [1.29, 1.82) is 0 Å². The van der Waals surface area contributed by atoms with E-state index in [9.17, 15) is 13.2 Å². The summed E-state index contributed by atoms with van der Waals surface area (Å²) < 4.78 is 35.8. The molecule has 0 aliphatic rings. The van der Waals surface area contributed by atoms with Gasteiger partial charge < -0.3 is 10.0 Å². The summed E-state index contributed by atoms with van der Waals surface area (Å²) in [5, 5.41) is 9.25. The molecule has 0 atom stereocenters. The van der Waals surface area contributed by atoms with Crippen LogP contribution in [0.25, 0.3) is 0 Å². The number of aliphatic hydroxyl groups excluding tert-OH is 1. The van der Waals surface area contributed by atoms with Crippen molar-refractivity contribution in [2.24, 2.45) is 0 Å². The van der Waals surface area contributed by atoms with Gasteiger partial charge in [0.05, 0.1) is 17.9 Å². The van der Waals surface area contributed by atoms with E-state index in [0.717, 1.165) is 0 Å². The van der Waals surface area contributed by atoms with Gasteiger partial charge in [0.15, 0.2) is 5.13 Å². The van der Waals surface area contributed by atoms with Gasteiger partial charge in [0.1, 0.15) is 0 Å². The van der Waals surface area contributed by atoms with E-state index in [1.54, 1.807) is 7.05 Å². The smallest absolute Gasteiger partial charge is 0.390 e. The van der Waals surface area contributed by atoms with Crippen LogP contribution in [0.1, 0.15) is 11.3 Å². The van der Waals surface area contributed by atoms with Gasteiger partial charge in [-0.2, -0.15) is 13.2 Å². The van der Waals surface area contributed by atoms with Crippen LogP contribution in [0.3, 0.4) is 0 Å². The van der Waals surface area contributed by atoms with Crippen LogP contribution in [-0.2, 0) is 6.61 Å². The van der Waals surface area contributed by atoms with Gasteiger partial charge in [0, 0.05) is 19.8 Å². The van der Waals surface area contributed by atoms with Gasteiger partial charge in [0.25, 0.3) is 0 Å². The van der Waals surface area contributed by atoms with Crippen molar-refractivity contribution in [2.45, 2.75) is 19.2 Å². The molecule has 0 amide bonds. The average Bonchev–Trinajstić information content (AvgIpc) is 2.61. The van der Waals surface area contributed by atoms with Gasteiger partial charge in [-0.25, -0.2) is 4.98 Å². The lowest BCUT2D eigenvalue weighted by Crippen LogP contribution is -2.23. The zero-order chi connectivity index (χ0) is 11.5. The van der Waals surface area contributed by atoms with Crippen molar-refractivity contribution in [2.75, 3.05) is 18.5 Å². The van der Waals surface area contributed by atoms with E-state index in [-0.39, 0.29) is 13.2 Å². The van der Waals surface area contributed by atoms with Crippen LogP contribution in [0.15, 0.2) is 6.20 Å². The first-order valence-corrected chi connectivity index (χ1v) is 5.07. The molecule has 0 spiro atoms. The van der Waals surface area contributed by atoms with Crippen LogP contribution in [0.4, 0.5) is 18.3 Å². The fraction of sp³-hybridized carbons (Fsp3) is 0.625.